The van der Waals surface area contributed by atoms with Crippen molar-refractivity contribution in [2.24, 2.45) is 7.05 Å². The molecule has 1 N–H and O–H groups in total. The molecule has 0 bridgehead atoms. The number of hydrogen-bond donors (Lipinski definition) is 1. The van der Waals surface area contributed by atoms with Crippen molar-refractivity contribution >= 4 is 37.1 Å². The Labute approximate surface area is 220 Å². The quantitative estimate of drug-likeness (QED) is 0.302. The SMILES string of the molecule is CCS(=O)(=O)Nc1ccc(Oc2ccc(F)cc2F)c(-c2cn(C)c(=O)c3cc(-n4cc(C)nn4)sc23)c1. The predicted octanol–water partition coefficient (Wildman–Crippen LogP) is 4.99. The second-order valence-corrected chi connectivity index (χ2v) is 11.5. The van der Waals surface area contributed by atoms with Gasteiger partial charge in [-0.1, -0.05) is 5.21 Å². The largest absolute Gasteiger partial charge is 0.454 e. The number of fused-ring (bicyclic) bond motifs is 1. The highest BCUT2D eigenvalue weighted by atomic mass is 32.2. The molecule has 5 rings (SSSR count). The summed E-state index contributed by atoms with van der Waals surface area (Å²) in [6.07, 6.45) is 3.32. The van der Waals surface area contributed by atoms with E-state index >= 15 is 0 Å². The van der Waals surface area contributed by atoms with E-state index in [1.165, 1.54) is 35.0 Å². The average molecular weight is 558 g/mol. The maximum atomic E-state index is 14.5. The molecule has 13 heteroatoms. The zero-order chi connectivity index (χ0) is 27.2. The number of nitrogens with one attached hydrogen (secondary N) is 1. The van der Waals surface area contributed by atoms with Gasteiger partial charge in [-0.3, -0.25) is 9.52 Å². The van der Waals surface area contributed by atoms with E-state index in [9.17, 15) is 22.0 Å². The minimum absolute atomic E-state index is 0.142. The van der Waals surface area contributed by atoms with E-state index in [0.717, 1.165) is 12.1 Å². The van der Waals surface area contributed by atoms with Crippen LogP contribution in [-0.4, -0.2) is 33.7 Å². The second kappa shape index (κ2) is 9.65. The van der Waals surface area contributed by atoms with E-state index in [-0.39, 0.29) is 28.5 Å². The van der Waals surface area contributed by atoms with Gasteiger partial charge in [-0.05, 0) is 50.2 Å². The van der Waals surface area contributed by atoms with E-state index < -0.39 is 21.7 Å². The number of pyridine rings is 1. The average Bonchev–Trinajstić information content (AvgIpc) is 3.51. The summed E-state index contributed by atoms with van der Waals surface area (Å²) in [6.45, 7) is 3.30. The fourth-order valence-corrected chi connectivity index (χ4v) is 5.55. The molecule has 0 fully saturated rings. The highest BCUT2D eigenvalue weighted by molar-refractivity contribution is 7.92. The maximum absolute atomic E-state index is 14.5. The number of ether oxygens (including phenoxy) is 1. The van der Waals surface area contributed by atoms with Crippen molar-refractivity contribution in [3.63, 3.8) is 0 Å². The fourth-order valence-electron chi connectivity index (χ4n) is 3.82. The van der Waals surface area contributed by atoms with E-state index in [2.05, 4.69) is 15.0 Å². The molecule has 0 saturated carbocycles. The van der Waals surface area contributed by atoms with Gasteiger partial charge in [0.25, 0.3) is 5.56 Å². The van der Waals surface area contributed by atoms with Gasteiger partial charge in [0.2, 0.25) is 10.0 Å². The van der Waals surface area contributed by atoms with Gasteiger partial charge in [-0.15, -0.1) is 16.4 Å². The van der Waals surface area contributed by atoms with Crippen molar-refractivity contribution < 1.29 is 21.9 Å². The molecule has 5 aromatic rings. The highest BCUT2D eigenvalue weighted by Crippen LogP contribution is 2.42. The Hall–Kier alpha value is -4.10. The minimum Gasteiger partial charge on any atom is -0.454 e. The Morgan fingerprint density at radius 3 is 2.50 bits per heavy atom. The van der Waals surface area contributed by atoms with Gasteiger partial charge >= 0.3 is 0 Å². The van der Waals surface area contributed by atoms with Crippen LogP contribution in [0.4, 0.5) is 14.5 Å². The molecule has 3 heterocycles. The Balaban J connectivity index is 1.74. The topological polar surface area (TPSA) is 108 Å². The molecule has 38 heavy (non-hydrogen) atoms. The third-order valence-electron chi connectivity index (χ3n) is 5.71. The number of nitrogens with zero attached hydrogens (tertiary/aromatic N) is 4. The maximum Gasteiger partial charge on any atom is 0.259 e. The summed E-state index contributed by atoms with van der Waals surface area (Å²) >= 11 is 1.28. The first-order valence-corrected chi connectivity index (χ1v) is 13.8. The normalized spacial score (nSPS) is 11.7. The van der Waals surface area contributed by atoms with Crippen LogP contribution in [0, 0.1) is 18.6 Å². The number of hydrogen-bond acceptors (Lipinski definition) is 7. The molecule has 2 aromatic carbocycles. The molecular formula is C25H21F2N5O4S2. The number of rotatable bonds is 7. The molecule has 0 atom stereocenters. The lowest BCUT2D eigenvalue weighted by atomic mass is 10.0. The molecule has 0 amide bonds. The van der Waals surface area contributed by atoms with Crippen LogP contribution in [0.2, 0.25) is 0 Å². The van der Waals surface area contributed by atoms with Crippen molar-refractivity contribution in [3.05, 3.63) is 82.5 Å². The van der Waals surface area contributed by atoms with Crippen LogP contribution >= 0.6 is 11.3 Å². The first kappa shape index (κ1) is 25.5. The third-order valence-corrected chi connectivity index (χ3v) is 8.17. The van der Waals surface area contributed by atoms with E-state index in [4.69, 9.17) is 4.74 Å². The van der Waals surface area contributed by atoms with Crippen LogP contribution in [0.3, 0.4) is 0 Å². The lowest BCUT2D eigenvalue weighted by molar-refractivity contribution is 0.439. The zero-order valence-electron chi connectivity index (χ0n) is 20.4. The van der Waals surface area contributed by atoms with Crippen LogP contribution in [0.25, 0.3) is 26.2 Å². The Morgan fingerprint density at radius 1 is 1.05 bits per heavy atom. The third kappa shape index (κ3) is 4.89. The van der Waals surface area contributed by atoms with Gasteiger partial charge in [0.1, 0.15) is 16.6 Å². The smallest absolute Gasteiger partial charge is 0.259 e. The number of sulfonamides is 1. The van der Waals surface area contributed by atoms with Gasteiger partial charge in [0.15, 0.2) is 11.6 Å². The minimum atomic E-state index is -3.61. The summed E-state index contributed by atoms with van der Waals surface area (Å²) in [5.74, 6) is -1.86. The lowest BCUT2D eigenvalue weighted by Crippen LogP contribution is -2.16. The van der Waals surface area contributed by atoms with Crippen LogP contribution in [0.1, 0.15) is 12.6 Å². The van der Waals surface area contributed by atoms with Crippen molar-refractivity contribution in [2.75, 3.05) is 10.5 Å². The van der Waals surface area contributed by atoms with E-state index in [1.807, 2.05) is 0 Å². The van der Waals surface area contributed by atoms with Crippen LogP contribution in [-0.2, 0) is 17.1 Å². The molecular weight excluding hydrogens is 536 g/mol. The number of aromatic nitrogens is 4. The lowest BCUT2D eigenvalue weighted by Gasteiger charge is -2.16. The van der Waals surface area contributed by atoms with Crippen LogP contribution in [0.15, 0.2) is 59.7 Å². The zero-order valence-corrected chi connectivity index (χ0v) is 22.0. The molecule has 0 spiro atoms. The molecule has 3 aromatic heterocycles. The molecule has 0 saturated heterocycles. The fraction of sp³-hybridized carbons (Fsp3) is 0.160. The van der Waals surface area contributed by atoms with Crippen molar-refractivity contribution in [1.29, 1.82) is 0 Å². The molecule has 0 aliphatic rings. The number of anilines is 1. The van der Waals surface area contributed by atoms with E-state index in [1.54, 1.807) is 43.2 Å². The molecule has 0 aliphatic heterocycles. The highest BCUT2D eigenvalue weighted by Gasteiger charge is 2.20. The monoisotopic (exact) mass is 557 g/mol. The van der Waals surface area contributed by atoms with Gasteiger partial charge in [0.05, 0.1) is 27.7 Å². The van der Waals surface area contributed by atoms with Gasteiger partial charge in [-0.25, -0.2) is 21.9 Å². The Morgan fingerprint density at radius 2 is 1.82 bits per heavy atom. The predicted molar refractivity (Wildman–Crippen MR) is 142 cm³/mol. The summed E-state index contributed by atoms with van der Waals surface area (Å²) in [5.41, 5.74) is 1.61. The summed E-state index contributed by atoms with van der Waals surface area (Å²) < 4.78 is 64.3. The van der Waals surface area contributed by atoms with Crippen molar-refractivity contribution in [1.82, 2.24) is 19.6 Å². The summed E-state index contributed by atoms with van der Waals surface area (Å²) in [4.78, 5) is 13.0. The van der Waals surface area contributed by atoms with Crippen molar-refractivity contribution in [3.8, 4) is 27.6 Å². The Kier molecular flexibility index (Phi) is 6.49. The number of halogens is 2. The van der Waals surface area contributed by atoms with Crippen molar-refractivity contribution in [2.45, 2.75) is 13.8 Å². The molecule has 9 nitrogen and oxygen atoms in total. The van der Waals surface area contributed by atoms with E-state index in [0.29, 0.717) is 38.0 Å². The number of aryl methyl sites for hydroxylation is 2. The van der Waals surface area contributed by atoms with Gasteiger partial charge < -0.3 is 9.30 Å². The van der Waals surface area contributed by atoms with Gasteiger partial charge in [-0.2, -0.15) is 0 Å². The molecule has 0 aliphatic carbocycles. The van der Waals surface area contributed by atoms with Crippen LogP contribution in [0.5, 0.6) is 11.5 Å². The summed E-state index contributed by atoms with van der Waals surface area (Å²) in [7, 11) is -2.02. The molecule has 196 valence electrons. The van der Waals surface area contributed by atoms with Crippen LogP contribution < -0.4 is 15.0 Å². The number of thiophene rings is 1. The molecule has 0 unspecified atom stereocenters. The first-order valence-electron chi connectivity index (χ1n) is 11.3. The number of benzene rings is 2. The van der Waals surface area contributed by atoms with Gasteiger partial charge in [0, 0.05) is 36.1 Å². The standard InChI is InChI=1S/C25H21F2N5O4S2/c1-4-38(34,35)29-16-6-8-21(36-22-7-5-15(26)9-20(22)27)17(10-16)19-13-31(3)25(33)18-11-23(37-24(18)19)32-12-14(2)28-30-32/h5-13,29H,4H2,1-3H3. The Bertz CT molecular complexity index is 1860. The summed E-state index contributed by atoms with van der Waals surface area (Å²) in [6, 6.07) is 9.13. The summed E-state index contributed by atoms with van der Waals surface area (Å²) in [5, 5.41) is 9.12. The second-order valence-electron chi connectivity index (χ2n) is 8.48. The first-order chi connectivity index (χ1) is 18.0. The molecule has 0 radical (unpaired) electrons.